The average molecular weight is 451 g/mol. The van der Waals surface area contributed by atoms with Crippen molar-refractivity contribution >= 4 is 23.3 Å². The van der Waals surface area contributed by atoms with Crippen LogP contribution < -0.4 is 16.2 Å². The molecule has 3 aromatic rings. The number of nitrogen functional groups attached to an aromatic ring is 1. The van der Waals surface area contributed by atoms with E-state index in [0.717, 1.165) is 18.4 Å². The highest BCUT2D eigenvalue weighted by Crippen LogP contribution is 2.34. The average Bonchev–Trinajstić information content (AvgIpc) is 3.13. The van der Waals surface area contributed by atoms with E-state index in [4.69, 9.17) is 27.8 Å². The molecule has 1 fully saturated rings. The number of ether oxygens (including phenoxy) is 1. The van der Waals surface area contributed by atoms with Crippen molar-refractivity contribution in [3.05, 3.63) is 58.6 Å². The normalized spacial score (nSPS) is 15.9. The molecule has 2 aromatic carbocycles. The summed E-state index contributed by atoms with van der Waals surface area (Å²) in [7, 11) is 0. The van der Waals surface area contributed by atoms with Gasteiger partial charge in [0.05, 0.1) is 12.6 Å². The fourth-order valence-electron chi connectivity index (χ4n) is 3.95. The van der Waals surface area contributed by atoms with Crippen LogP contribution in [0.4, 0.5) is 5.82 Å². The van der Waals surface area contributed by atoms with Gasteiger partial charge in [0.1, 0.15) is 28.6 Å². The molecule has 164 valence electrons. The molecule has 0 saturated carbocycles. The molecule has 1 aromatic heterocycles. The highest BCUT2D eigenvalue weighted by Gasteiger charge is 2.28. The zero-order valence-electron chi connectivity index (χ0n) is 17.6. The lowest BCUT2D eigenvalue weighted by molar-refractivity contribution is 0.100. The minimum Gasteiger partial charge on any atom is -0.457 e. The summed E-state index contributed by atoms with van der Waals surface area (Å²) in [5.41, 5.74) is 14.1. The first-order valence-electron chi connectivity index (χ1n) is 10.2. The molecule has 9 heteroatoms. The van der Waals surface area contributed by atoms with Gasteiger partial charge in [-0.05, 0) is 67.8 Å². The topological polar surface area (TPSA) is 123 Å². The monoisotopic (exact) mass is 450 g/mol. The molecule has 4 rings (SSSR count). The van der Waals surface area contributed by atoms with Crippen LogP contribution in [0.15, 0.2) is 42.5 Å². The molecule has 1 saturated heterocycles. The second-order valence-electron chi connectivity index (χ2n) is 7.80. The maximum Gasteiger partial charge on any atom is 0.254 e. The highest BCUT2D eigenvalue weighted by atomic mass is 35.5. The number of anilines is 1. The molecule has 4 N–H and O–H groups in total. The molecule has 1 amide bonds. The third kappa shape index (κ3) is 4.20. The van der Waals surface area contributed by atoms with Gasteiger partial charge in [-0.3, -0.25) is 4.79 Å². The van der Waals surface area contributed by atoms with E-state index < -0.39 is 5.91 Å². The number of aryl methyl sites for hydroxylation is 1. The van der Waals surface area contributed by atoms with E-state index in [2.05, 4.69) is 11.3 Å². The second-order valence-corrected chi connectivity index (χ2v) is 8.23. The molecule has 32 heavy (non-hydrogen) atoms. The number of nitrogens with zero attached hydrogens (tertiary/aromatic N) is 4. The lowest BCUT2D eigenvalue weighted by Crippen LogP contribution is -2.34. The van der Waals surface area contributed by atoms with Gasteiger partial charge in [0.2, 0.25) is 0 Å². The molecule has 1 aliphatic heterocycles. The van der Waals surface area contributed by atoms with Crippen LogP contribution in [-0.2, 0) is 0 Å². The van der Waals surface area contributed by atoms with Gasteiger partial charge in [-0.2, -0.15) is 10.4 Å². The first-order valence-corrected chi connectivity index (χ1v) is 10.6. The number of hydrogen-bond donors (Lipinski definition) is 2. The number of carbonyl (C=O) groups is 1. The number of piperidine rings is 1. The summed E-state index contributed by atoms with van der Waals surface area (Å²) in [6, 6.07) is 12.5. The number of rotatable bonds is 5. The number of halogens is 1. The molecule has 0 radical (unpaired) electrons. The number of nitriles is 1. The van der Waals surface area contributed by atoms with Crippen molar-refractivity contribution in [1.82, 2.24) is 14.7 Å². The third-order valence-corrected chi connectivity index (χ3v) is 5.81. The highest BCUT2D eigenvalue weighted by molar-refractivity contribution is 6.30. The maximum absolute atomic E-state index is 12.2. The van der Waals surface area contributed by atoms with Gasteiger partial charge in [0.25, 0.3) is 5.91 Å². The standard InChI is InChI=1S/C23H23ClN6O2/c1-14-11-16(24)6-9-19(14)32-18-7-4-15(5-8-18)21-20(23(27)31)22(26)30(28-21)17-3-2-10-29(12-17)13-25/h4-9,11,17H,2-3,10,12,26H2,1H3,(H2,27,31). The summed E-state index contributed by atoms with van der Waals surface area (Å²) in [6.07, 6.45) is 3.83. The van der Waals surface area contributed by atoms with Gasteiger partial charge in [-0.1, -0.05) is 11.6 Å². The Kier molecular flexibility index (Phi) is 5.93. The van der Waals surface area contributed by atoms with Crippen LogP contribution >= 0.6 is 11.6 Å². The lowest BCUT2D eigenvalue weighted by atomic mass is 10.1. The largest absolute Gasteiger partial charge is 0.457 e. The summed E-state index contributed by atoms with van der Waals surface area (Å²) < 4.78 is 7.57. The van der Waals surface area contributed by atoms with Crippen LogP contribution in [0.1, 0.15) is 34.8 Å². The molecule has 0 bridgehead atoms. The third-order valence-electron chi connectivity index (χ3n) is 5.57. The molecular formula is C23H23ClN6O2. The molecule has 0 spiro atoms. The fourth-order valence-corrected chi connectivity index (χ4v) is 4.18. The van der Waals surface area contributed by atoms with Crippen LogP contribution in [0.5, 0.6) is 11.5 Å². The first-order chi connectivity index (χ1) is 15.4. The summed E-state index contributed by atoms with van der Waals surface area (Å²) in [5.74, 6) is 0.903. The number of carbonyl (C=O) groups excluding carboxylic acids is 1. The molecule has 1 atom stereocenters. The van der Waals surface area contributed by atoms with E-state index in [1.165, 1.54) is 0 Å². The predicted octanol–water partition coefficient (Wildman–Crippen LogP) is 4.10. The van der Waals surface area contributed by atoms with Gasteiger partial charge < -0.3 is 21.1 Å². The predicted molar refractivity (Wildman–Crippen MR) is 122 cm³/mol. The first kappa shape index (κ1) is 21.5. The molecule has 1 aliphatic rings. The number of benzene rings is 2. The molecule has 8 nitrogen and oxygen atoms in total. The van der Waals surface area contributed by atoms with Crippen LogP contribution in [0, 0.1) is 18.4 Å². The van der Waals surface area contributed by atoms with Crippen molar-refractivity contribution in [2.24, 2.45) is 5.73 Å². The van der Waals surface area contributed by atoms with Gasteiger partial charge in [0, 0.05) is 17.1 Å². The van der Waals surface area contributed by atoms with Crippen molar-refractivity contribution in [3.63, 3.8) is 0 Å². The van der Waals surface area contributed by atoms with Crippen LogP contribution in [0.3, 0.4) is 0 Å². The van der Waals surface area contributed by atoms with Crippen LogP contribution in [-0.4, -0.2) is 33.7 Å². The van der Waals surface area contributed by atoms with Crippen LogP contribution in [0.25, 0.3) is 11.3 Å². The minimum atomic E-state index is -0.645. The smallest absolute Gasteiger partial charge is 0.254 e. The van der Waals surface area contributed by atoms with Crippen LogP contribution in [0.2, 0.25) is 5.02 Å². The van der Waals surface area contributed by atoms with E-state index in [0.29, 0.717) is 40.9 Å². The Hall–Kier alpha value is -3.70. The van der Waals surface area contributed by atoms with Gasteiger partial charge >= 0.3 is 0 Å². The van der Waals surface area contributed by atoms with Crippen molar-refractivity contribution < 1.29 is 9.53 Å². The molecule has 2 heterocycles. The van der Waals surface area contributed by atoms with Gasteiger partial charge in [-0.15, -0.1) is 0 Å². The Bertz CT molecular complexity index is 1200. The summed E-state index contributed by atoms with van der Waals surface area (Å²) in [4.78, 5) is 13.9. The second kappa shape index (κ2) is 8.81. The molecule has 1 unspecified atom stereocenters. The number of nitrogens with two attached hydrogens (primary N) is 2. The van der Waals surface area contributed by atoms with Gasteiger partial charge in [0.15, 0.2) is 6.19 Å². The Morgan fingerprint density at radius 2 is 2.03 bits per heavy atom. The van der Waals surface area contributed by atoms with Crippen molar-refractivity contribution in [3.8, 4) is 28.9 Å². The maximum atomic E-state index is 12.2. The van der Waals surface area contributed by atoms with E-state index in [1.807, 2.05) is 31.2 Å². The number of likely N-dealkylation sites (tertiary alicyclic amines) is 1. The summed E-state index contributed by atoms with van der Waals surface area (Å²) >= 11 is 6.01. The number of aromatic nitrogens is 2. The van der Waals surface area contributed by atoms with E-state index >= 15 is 0 Å². The number of primary amides is 1. The fraction of sp³-hybridized carbons (Fsp3) is 0.261. The van der Waals surface area contributed by atoms with Crippen molar-refractivity contribution in [1.29, 1.82) is 5.26 Å². The number of amides is 1. The number of hydrogen-bond acceptors (Lipinski definition) is 6. The van der Waals surface area contributed by atoms with E-state index in [-0.39, 0.29) is 17.4 Å². The van der Waals surface area contributed by atoms with E-state index in [9.17, 15) is 10.1 Å². The van der Waals surface area contributed by atoms with Crippen molar-refractivity contribution in [2.75, 3.05) is 18.8 Å². The molecule has 0 aliphatic carbocycles. The SMILES string of the molecule is Cc1cc(Cl)ccc1Oc1ccc(-c2nn(C3CCCN(C#N)C3)c(N)c2C(N)=O)cc1. The zero-order chi connectivity index (χ0) is 22.8. The Morgan fingerprint density at radius 1 is 1.28 bits per heavy atom. The zero-order valence-corrected chi connectivity index (χ0v) is 18.3. The summed E-state index contributed by atoms with van der Waals surface area (Å²) in [6.45, 7) is 3.12. The molecular weight excluding hydrogens is 428 g/mol. The lowest BCUT2D eigenvalue weighted by Gasteiger charge is -2.29. The Morgan fingerprint density at radius 3 is 2.69 bits per heavy atom. The summed E-state index contributed by atoms with van der Waals surface area (Å²) in [5, 5.41) is 14.5. The van der Waals surface area contributed by atoms with Gasteiger partial charge in [-0.25, -0.2) is 4.68 Å². The minimum absolute atomic E-state index is 0.106. The quantitative estimate of drug-likeness (QED) is 0.564. The Labute approximate surface area is 190 Å². The van der Waals surface area contributed by atoms with Crippen molar-refractivity contribution in [2.45, 2.75) is 25.8 Å². The van der Waals surface area contributed by atoms with E-state index in [1.54, 1.807) is 27.8 Å². The Balaban J connectivity index is 1.64.